The summed E-state index contributed by atoms with van der Waals surface area (Å²) in [6.45, 7) is 0. The number of aromatic amines is 1. The molecule has 0 radical (unpaired) electrons. The van der Waals surface area contributed by atoms with E-state index >= 15 is 0 Å². The van der Waals surface area contributed by atoms with Crippen LogP contribution in [0.1, 0.15) is 15.9 Å². The van der Waals surface area contributed by atoms with Gasteiger partial charge >= 0.3 is 0 Å². The maximum Gasteiger partial charge on any atom is 0.167 e. The van der Waals surface area contributed by atoms with Gasteiger partial charge < -0.3 is 4.98 Å². The minimum Gasteiger partial charge on any atom is -0.361 e. The Kier molecular flexibility index (Phi) is 3.22. The van der Waals surface area contributed by atoms with Crippen molar-refractivity contribution in [1.29, 1.82) is 0 Å². The molecule has 0 fully saturated rings. The predicted molar refractivity (Wildman–Crippen MR) is 80.5 cm³/mol. The molecule has 0 bridgehead atoms. The maximum absolute atomic E-state index is 12.2. The Hall–Kier alpha value is -1.87. The molecule has 3 rings (SSSR count). The fourth-order valence-corrected chi connectivity index (χ4v) is 2.40. The van der Waals surface area contributed by atoms with Crippen LogP contribution in [0.15, 0.2) is 59.2 Å². The molecule has 0 aliphatic heterocycles. The third-order valence-electron chi connectivity index (χ3n) is 3.15. The first-order valence-corrected chi connectivity index (χ1v) is 6.86. The van der Waals surface area contributed by atoms with Gasteiger partial charge in [-0.25, -0.2) is 0 Å². The Balaban J connectivity index is 1.83. The largest absolute Gasteiger partial charge is 0.361 e. The molecule has 1 aromatic heterocycles. The first-order chi connectivity index (χ1) is 9.22. The summed E-state index contributed by atoms with van der Waals surface area (Å²) >= 11 is 3.37. The fraction of sp³-hybridized carbons (Fsp3) is 0.0625. The van der Waals surface area contributed by atoms with Gasteiger partial charge in [-0.3, -0.25) is 4.79 Å². The number of H-pyrrole nitrogens is 1. The lowest BCUT2D eigenvalue weighted by atomic mass is 10.0. The van der Waals surface area contributed by atoms with E-state index in [0.717, 1.165) is 26.5 Å². The molecular formula is C16H12BrNO. The van der Waals surface area contributed by atoms with Crippen molar-refractivity contribution in [3.63, 3.8) is 0 Å². The Bertz CT molecular complexity index is 728. The minimum absolute atomic E-state index is 0.141. The number of fused-ring (bicyclic) bond motifs is 1. The number of hydrogen-bond donors (Lipinski definition) is 1. The number of halogens is 1. The number of rotatable bonds is 3. The van der Waals surface area contributed by atoms with Crippen molar-refractivity contribution in [1.82, 2.24) is 4.98 Å². The van der Waals surface area contributed by atoms with Crippen LogP contribution in [-0.4, -0.2) is 10.8 Å². The smallest absolute Gasteiger partial charge is 0.167 e. The molecule has 0 spiro atoms. The number of Topliss-reactive ketones (excluding diaryl/α,β-unsaturated/α-hetero) is 1. The molecule has 0 saturated heterocycles. The summed E-state index contributed by atoms with van der Waals surface area (Å²) in [6, 6.07) is 15.6. The standard InChI is InChI=1S/C16H12BrNO/c17-14-4-2-12(3-5-14)16(19)10-11-1-6-15-13(9-11)7-8-18-15/h1-9,18H,10H2. The molecular weight excluding hydrogens is 302 g/mol. The van der Waals surface area contributed by atoms with E-state index in [9.17, 15) is 4.79 Å². The van der Waals surface area contributed by atoms with E-state index in [0.29, 0.717) is 6.42 Å². The zero-order chi connectivity index (χ0) is 13.2. The predicted octanol–water partition coefficient (Wildman–Crippen LogP) is 4.36. The molecule has 94 valence electrons. The lowest BCUT2D eigenvalue weighted by Gasteiger charge is -2.02. The Labute approximate surface area is 119 Å². The van der Waals surface area contributed by atoms with E-state index in [1.807, 2.05) is 48.7 Å². The van der Waals surface area contributed by atoms with E-state index in [2.05, 4.69) is 27.0 Å². The van der Waals surface area contributed by atoms with Crippen LogP contribution in [0.4, 0.5) is 0 Å². The van der Waals surface area contributed by atoms with Crippen LogP contribution in [0.2, 0.25) is 0 Å². The van der Waals surface area contributed by atoms with Crippen LogP contribution < -0.4 is 0 Å². The molecule has 0 saturated carbocycles. The van der Waals surface area contributed by atoms with E-state index in [-0.39, 0.29) is 5.78 Å². The second kappa shape index (κ2) is 5.02. The molecule has 3 aromatic rings. The second-order valence-electron chi connectivity index (χ2n) is 4.51. The van der Waals surface area contributed by atoms with Crippen molar-refractivity contribution in [2.75, 3.05) is 0 Å². The van der Waals surface area contributed by atoms with Crippen molar-refractivity contribution >= 4 is 32.6 Å². The molecule has 0 atom stereocenters. The quantitative estimate of drug-likeness (QED) is 0.716. The van der Waals surface area contributed by atoms with E-state index in [1.54, 1.807) is 0 Å². The monoisotopic (exact) mass is 313 g/mol. The summed E-state index contributed by atoms with van der Waals surface area (Å²) in [5.74, 6) is 0.141. The minimum atomic E-state index is 0.141. The number of aromatic nitrogens is 1. The van der Waals surface area contributed by atoms with Crippen molar-refractivity contribution < 1.29 is 4.79 Å². The summed E-state index contributed by atoms with van der Waals surface area (Å²) < 4.78 is 0.984. The van der Waals surface area contributed by atoms with Gasteiger partial charge in [-0.15, -0.1) is 0 Å². The van der Waals surface area contributed by atoms with Crippen molar-refractivity contribution in [3.8, 4) is 0 Å². The van der Waals surface area contributed by atoms with Gasteiger partial charge in [0, 0.05) is 28.2 Å². The van der Waals surface area contributed by atoms with Gasteiger partial charge in [0.05, 0.1) is 0 Å². The van der Waals surface area contributed by atoms with Crippen molar-refractivity contribution in [2.24, 2.45) is 0 Å². The van der Waals surface area contributed by atoms with Crippen LogP contribution in [0.5, 0.6) is 0 Å². The topological polar surface area (TPSA) is 32.9 Å². The molecule has 3 heteroatoms. The van der Waals surface area contributed by atoms with E-state index < -0.39 is 0 Å². The number of benzene rings is 2. The molecule has 1 N–H and O–H groups in total. The van der Waals surface area contributed by atoms with Crippen molar-refractivity contribution in [2.45, 2.75) is 6.42 Å². The van der Waals surface area contributed by atoms with Gasteiger partial charge in [-0.1, -0.05) is 34.1 Å². The summed E-state index contributed by atoms with van der Waals surface area (Å²) in [5.41, 5.74) is 2.89. The SMILES string of the molecule is O=C(Cc1ccc2[nH]ccc2c1)c1ccc(Br)cc1. The molecule has 2 aromatic carbocycles. The molecule has 0 aliphatic carbocycles. The number of carbonyl (C=O) groups excluding carboxylic acids is 1. The summed E-state index contributed by atoms with van der Waals surface area (Å²) in [7, 11) is 0. The number of carbonyl (C=O) groups is 1. The molecule has 0 unspecified atom stereocenters. The lowest BCUT2D eigenvalue weighted by Crippen LogP contribution is -2.03. The second-order valence-corrected chi connectivity index (χ2v) is 5.42. The highest BCUT2D eigenvalue weighted by atomic mass is 79.9. The van der Waals surface area contributed by atoms with E-state index in [1.165, 1.54) is 0 Å². The number of hydrogen-bond acceptors (Lipinski definition) is 1. The van der Waals surface area contributed by atoms with Crippen LogP contribution in [0.3, 0.4) is 0 Å². The normalized spacial score (nSPS) is 10.8. The molecule has 2 nitrogen and oxygen atoms in total. The van der Waals surface area contributed by atoms with Gasteiger partial charge in [0.2, 0.25) is 0 Å². The van der Waals surface area contributed by atoms with Gasteiger partial charge in [0.15, 0.2) is 5.78 Å². The highest BCUT2D eigenvalue weighted by Gasteiger charge is 2.07. The zero-order valence-corrected chi connectivity index (χ0v) is 11.8. The molecule has 0 amide bonds. The Morgan fingerprint density at radius 2 is 1.84 bits per heavy atom. The van der Waals surface area contributed by atoms with E-state index in [4.69, 9.17) is 0 Å². The zero-order valence-electron chi connectivity index (χ0n) is 10.2. The van der Waals surface area contributed by atoms with Crippen LogP contribution >= 0.6 is 15.9 Å². The summed E-state index contributed by atoms with van der Waals surface area (Å²) in [4.78, 5) is 15.3. The average molecular weight is 314 g/mol. The number of nitrogens with one attached hydrogen (secondary N) is 1. The van der Waals surface area contributed by atoms with Gasteiger partial charge in [0.1, 0.15) is 0 Å². The molecule has 19 heavy (non-hydrogen) atoms. The van der Waals surface area contributed by atoms with Gasteiger partial charge in [-0.05, 0) is 41.3 Å². The van der Waals surface area contributed by atoms with Crippen LogP contribution in [0, 0.1) is 0 Å². The summed E-state index contributed by atoms with van der Waals surface area (Å²) in [5, 5.41) is 1.14. The van der Waals surface area contributed by atoms with Gasteiger partial charge in [0.25, 0.3) is 0 Å². The third kappa shape index (κ3) is 2.61. The Morgan fingerprint density at radius 3 is 2.63 bits per heavy atom. The Morgan fingerprint density at radius 1 is 1.05 bits per heavy atom. The highest BCUT2D eigenvalue weighted by molar-refractivity contribution is 9.10. The molecule has 0 aliphatic rings. The van der Waals surface area contributed by atoms with Crippen molar-refractivity contribution in [3.05, 3.63) is 70.3 Å². The fourth-order valence-electron chi connectivity index (χ4n) is 2.14. The van der Waals surface area contributed by atoms with Crippen LogP contribution in [-0.2, 0) is 6.42 Å². The number of ketones is 1. The maximum atomic E-state index is 12.2. The van der Waals surface area contributed by atoms with Crippen LogP contribution in [0.25, 0.3) is 10.9 Å². The van der Waals surface area contributed by atoms with Gasteiger partial charge in [-0.2, -0.15) is 0 Å². The third-order valence-corrected chi connectivity index (χ3v) is 3.68. The molecule has 1 heterocycles. The highest BCUT2D eigenvalue weighted by Crippen LogP contribution is 2.17. The first-order valence-electron chi connectivity index (χ1n) is 6.07. The average Bonchev–Trinajstić information content (AvgIpc) is 2.87. The lowest BCUT2D eigenvalue weighted by molar-refractivity contribution is 0.0993. The first kappa shape index (κ1) is 12.2. The summed E-state index contributed by atoms with van der Waals surface area (Å²) in [6.07, 6.45) is 2.34.